The number of amides is 1. The first-order valence-electron chi connectivity index (χ1n) is 7.36. The molecule has 3 N–H and O–H groups in total. The number of rotatable bonds is 6. The van der Waals surface area contributed by atoms with E-state index in [-0.39, 0.29) is 5.69 Å². The van der Waals surface area contributed by atoms with E-state index in [9.17, 15) is 4.79 Å². The van der Waals surface area contributed by atoms with E-state index < -0.39 is 5.91 Å². The van der Waals surface area contributed by atoms with Gasteiger partial charge in [0, 0.05) is 13.1 Å². The number of aromatic nitrogens is 3. The van der Waals surface area contributed by atoms with Crippen molar-refractivity contribution in [2.24, 2.45) is 11.8 Å². The molecule has 0 aliphatic carbocycles. The molecule has 8 nitrogen and oxygen atoms in total. The molecule has 0 bridgehead atoms. The fourth-order valence-electron chi connectivity index (χ4n) is 2.74. The summed E-state index contributed by atoms with van der Waals surface area (Å²) in [6.07, 6.45) is 4.12. The number of nitrogen functional groups attached to an aromatic ring is 1. The monoisotopic (exact) mass is 295 g/mol. The van der Waals surface area contributed by atoms with E-state index in [2.05, 4.69) is 39.6 Å². The molecule has 1 aromatic heterocycles. The van der Waals surface area contributed by atoms with E-state index >= 15 is 0 Å². The van der Waals surface area contributed by atoms with Gasteiger partial charge in [-0.15, -0.1) is 5.10 Å². The third-order valence-corrected chi connectivity index (χ3v) is 3.88. The number of carbonyl (C=O) groups is 1. The highest BCUT2D eigenvalue weighted by atomic mass is 16.2. The molecule has 2 heterocycles. The fourth-order valence-corrected chi connectivity index (χ4v) is 2.74. The second kappa shape index (κ2) is 7.48. The van der Waals surface area contributed by atoms with Gasteiger partial charge in [0.2, 0.25) is 0 Å². The van der Waals surface area contributed by atoms with Gasteiger partial charge in [-0.25, -0.2) is 5.84 Å². The Bertz CT molecular complexity index is 451. The molecule has 0 aromatic carbocycles. The molecule has 1 saturated heterocycles. The summed E-state index contributed by atoms with van der Waals surface area (Å²) in [4.78, 5) is 16.0. The third kappa shape index (κ3) is 4.76. The average molecular weight is 295 g/mol. The molecule has 0 atom stereocenters. The highest BCUT2D eigenvalue weighted by molar-refractivity contribution is 5.91. The number of hydrazine groups is 1. The van der Waals surface area contributed by atoms with Crippen LogP contribution in [-0.4, -0.2) is 71.0 Å². The van der Waals surface area contributed by atoms with Crippen molar-refractivity contribution in [1.29, 1.82) is 0 Å². The number of nitrogens with two attached hydrogens (primary N) is 1. The van der Waals surface area contributed by atoms with E-state index in [1.54, 1.807) is 10.9 Å². The number of carbonyl (C=O) groups excluding carboxylic acids is 1. The van der Waals surface area contributed by atoms with Crippen molar-refractivity contribution in [2.75, 3.05) is 40.3 Å². The van der Waals surface area contributed by atoms with Gasteiger partial charge in [-0.2, -0.15) is 0 Å². The first-order valence-corrected chi connectivity index (χ1v) is 7.36. The van der Waals surface area contributed by atoms with Gasteiger partial charge in [-0.05, 0) is 45.9 Å². The second-order valence-corrected chi connectivity index (χ2v) is 5.89. The quantitative estimate of drug-likeness (QED) is 0.404. The maximum atomic E-state index is 11.3. The predicted octanol–water partition coefficient (Wildman–Crippen LogP) is -0.845. The summed E-state index contributed by atoms with van der Waals surface area (Å²) >= 11 is 0. The molecular weight excluding hydrogens is 270 g/mol. The van der Waals surface area contributed by atoms with Crippen LogP contribution in [0.4, 0.5) is 0 Å². The van der Waals surface area contributed by atoms with Crippen LogP contribution in [0.5, 0.6) is 0 Å². The van der Waals surface area contributed by atoms with Crippen LogP contribution in [0.15, 0.2) is 6.20 Å². The van der Waals surface area contributed by atoms with E-state index in [4.69, 9.17) is 5.84 Å². The lowest BCUT2D eigenvalue weighted by Gasteiger charge is -2.33. The Hall–Kier alpha value is -1.51. The zero-order valence-corrected chi connectivity index (χ0v) is 12.8. The van der Waals surface area contributed by atoms with E-state index in [1.165, 1.54) is 19.4 Å². The van der Waals surface area contributed by atoms with E-state index in [0.29, 0.717) is 0 Å². The molecule has 0 saturated carbocycles. The molecule has 0 unspecified atom stereocenters. The molecule has 2 rings (SSSR count). The Morgan fingerprint density at radius 1 is 1.43 bits per heavy atom. The Morgan fingerprint density at radius 3 is 2.76 bits per heavy atom. The largest absolute Gasteiger partial charge is 0.309 e. The van der Waals surface area contributed by atoms with Crippen LogP contribution >= 0.6 is 0 Å². The summed E-state index contributed by atoms with van der Waals surface area (Å²) in [7, 11) is 4.26. The summed E-state index contributed by atoms with van der Waals surface area (Å²) in [5, 5.41) is 7.73. The zero-order chi connectivity index (χ0) is 15.2. The van der Waals surface area contributed by atoms with Crippen molar-refractivity contribution in [3.05, 3.63) is 11.9 Å². The number of hydrogen-bond acceptors (Lipinski definition) is 6. The third-order valence-electron chi connectivity index (χ3n) is 3.88. The zero-order valence-electron chi connectivity index (χ0n) is 12.8. The van der Waals surface area contributed by atoms with Crippen molar-refractivity contribution in [1.82, 2.24) is 30.2 Å². The molecule has 1 aromatic rings. The molecule has 21 heavy (non-hydrogen) atoms. The lowest BCUT2D eigenvalue weighted by Crippen LogP contribution is -2.38. The lowest BCUT2D eigenvalue weighted by atomic mass is 9.96. The maximum Gasteiger partial charge on any atom is 0.287 e. The van der Waals surface area contributed by atoms with Crippen LogP contribution < -0.4 is 11.3 Å². The van der Waals surface area contributed by atoms with Crippen LogP contribution in [0.25, 0.3) is 0 Å². The van der Waals surface area contributed by atoms with Gasteiger partial charge in [-0.1, -0.05) is 5.21 Å². The van der Waals surface area contributed by atoms with Crippen LogP contribution in [0.1, 0.15) is 23.3 Å². The van der Waals surface area contributed by atoms with Crippen molar-refractivity contribution >= 4 is 5.91 Å². The summed E-state index contributed by atoms with van der Waals surface area (Å²) in [6.45, 7) is 5.10. The van der Waals surface area contributed by atoms with Gasteiger partial charge in [-0.3, -0.25) is 14.9 Å². The molecule has 1 aliphatic heterocycles. The maximum absolute atomic E-state index is 11.3. The summed E-state index contributed by atoms with van der Waals surface area (Å²) in [5.74, 6) is 5.46. The van der Waals surface area contributed by atoms with E-state index in [1.807, 2.05) is 0 Å². The Labute approximate surface area is 125 Å². The highest BCUT2D eigenvalue weighted by Crippen LogP contribution is 2.17. The normalized spacial score (nSPS) is 17.3. The molecular formula is C13H25N7O. The topological polar surface area (TPSA) is 92.3 Å². The first-order chi connectivity index (χ1) is 10.1. The molecule has 1 fully saturated rings. The summed E-state index contributed by atoms with van der Waals surface area (Å²) < 4.78 is 1.69. The molecule has 0 spiro atoms. The number of piperidine rings is 1. The van der Waals surface area contributed by atoms with Crippen LogP contribution in [0, 0.1) is 5.92 Å². The van der Waals surface area contributed by atoms with Crippen LogP contribution in [0.2, 0.25) is 0 Å². The lowest BCUT2D eigenvalue weighted by molar-refractivity contribution is 0.0948. The minimum Gasteiger partial charge on any atom is -0.309 e. The minimum atomic E-state index is -0.411. The minimum absolute atomic E-state index is 0.252. The SMILES string of the molecule is CN(C)CC1CCN(CCn2cc(C(=O)NN)nn2)CC1. The van der Waals surface area contributed by atoms with Crippen molar-refractivity contribution in [3.8, 4) is 0 Å². The second-order valence-electron chi connectivity index (χ2n) is 5.89. The number of nitrogens with zero attached hydrogens (tertiary/aromatic N) is 5. The predicted molar refractivity (Wildman–Crippen MR) is 79.4 cm³/mol. The molecule has 1 amide bonds. The number of likely N-dealkylation sites (tertiary alicyclic amines) is 1. The van der Waals surface area contributed by atoms with Gasteiger partial charge in [0.25, 0.3) is 5.91 Å². The smallest absolute Gasteiger partial charge is 0.287 e. The van der Waals surface area contributed by atoms with E-state index in [0.717, 1.165) is 32.1 Å². The molecule has 8 heteroatoms. The van der Waals surface area contributed by atoms with Crippen molar-refractivity contribution in [3.63, 3.8) is 0 Å². The molecule has 1 aliphatic rings. The standard InChI is InChI=1S/C13H25N7O/c1-18(2)9-11-3-5-19(6-4-11)7-8-20-10-12(16-17-20)13(21)15-14/h10-11H,3-9,14H2,1-2H3,(H,15,21). The highest BCUT2D eigenvalue weighted by Gasteiger charge is 2.19. The summed E-state index contributed by atoms with van der Waals surface area (Å²) in [6, 6.07) is 0. The Morgan fingerprint density at radius 2 is 2.14 bits per heavy atom. The number of nitrogens with one attached hydrogen (secondary N) is 1. The van der Waals surface area contributed by atoms with Crippen molar-refractivity contribution < 1.29 is 4.79 Å². The Balaban J connectivity index is 1.72. The van der Waals surface area contributed by atoms with Crippen LogP contribution in [0.3, 0.4) is 0 Å². The fraction of sp³-hybridized carbons (Fsp3) is 0.769. The Kier molecular flexibility index (Phi) is 5.66. The van der Waals surface area contributed by atoms with Gasteiger partial charge < -0.3 is 9.80 Å². The first kappa shape index (κ1) is 15.9. The molecule has 118 valence electrons. The van der Waals surface area contributed by atoms with Gasteiger partial charge in [0.15, 0.2) is 5.69 Å². The van der Waals surface area contributed by atoms with Crippen LogP contribution in [-0.2, 0) is 6.54 Å². The van der Waals surface area contributed by atoms with Gasteiger partial charge in [0.05, 0.1) is 12.7 Å². The van der Waals surface area contributed by atoms with Gasteiger partial charge in [0.1, 0.15) is 0 Å². The molecule has 0 radical (unpaired) electrons. The summed E-state index contributed by atoms with van der Waals surface area (Å²) in [5.41, 5.74) is 2.30. The van der Waals surface area contributed by atoms with Gasteiger partial charge >= 0.3 is 0 Å². The van der Waals surface area contributed by atoms with Crippen molar-refractivity contribution in [2.45, 2.75) is 19.4 Å². The average Bonchev–Trinajstić information content (AvgIpc) is 2.94. The number of hydrogen-bond donors (Lipinski definition) is 2.